The zero-order chi connectivity index (χ0) is 13.9. The van der Waals surface area contributed by atoms with Crippen LogP contribution in [0.15, 0.2) is 15.9 Å². The van der Waals surface area contributed by atoms with Crippen LogP contribution < -0.4 is 0 Å². The summed E-state index contributed by atoms with van der Waals surface area (Å²) in [4.78, 5) is 3.64. The molecule has 0 N–H and O–H groups in total. The maximum atomic E-state index is 11.7. The zero-order valence-electron chi connectivity index (χ0n) is 11.1. The van der Waals surface area contributed by atoms with Gasteiger partial charge in [0.25, 0.3) is 0 Å². The monoisotopic (exact) mass is 365 g/mol. The molecule has 108 valence electrons. The van der Waals surface area contributed by atoms with E-state index >= 15 is 0 Å². The van der Waals surface area contributed by atoms with Gasteiger partial charge in [0.15, 0.2) is 9.84 Å². The number of unbranched alkanes of at least 4 members (excludes halogenated alkanes) is 1. The molecule has 1 fully saturated rings. The van der Waals surface area contributed by atoms with E-state index < -0.39 is 9.84 Å². The first-order valence-electron chi connectivity index (χ1n) is 6.68. The molecular weight excluding hydrogens is 346 g/mol. The molecule has 1 saturated heterocycles. The minimum absolute atomic E-state index is 0.200. The van der Waals surface area contributed by atoms with Crippen molar-refractivity contribution in [2.75, 3.05) is 18.1 Å². The average molecular weight is 366 g/mol. The van der Waals surface area contributed by atoms with E-state index in [4.69, 9.17) is 0 Å². The fraction of sp³-hybridized carbons (Fsp3) is 0.692. The normalized spacial score (nSPS) is 22.2. The predicted octanol–water partition coefficient (Wildman–Crippen LogP) is 3.30. The molecule has 0 amide bonds. The van der Waals surface area contributed by atoms with Crippen LogP contribution in [0, 0.1) is 0 Å². The van der Waals surface area contributed by atoms with Crippen molar-refractivity contribution in [3.8, 4) is 0 Å². The smallest absolute Gasteiger partial charge is 0.151 e. The van der Waals surface area contributed by atoms with Crippen LogP contribution in [0.25, 0.3) is 0 Å². The molecule has 2 heterocycles. The Balaban J connectivity index is 2.06. The van der Waals surface area contributed by atoms with Crippen LogP contribution in [-0.2, 0) is 16.4 Å². The molecular formula is C13H20BrNO2S2. The second-order valence-electron chi connectivity index (χ2n) is 5.07. The Bertz CT molecular complexity index is 512. The Morgan fingerprint density at radius 1 is 1.53 bits per heavy atom. The van der Waals surface area contributed by atoms with Gasteiger partial charge in [0, 0.05) is 21.9 Å². The van der Waals surface area contributed by atoms with Crippen LogP contribution in [0.4, 0.5) is 0 Å². The van der Waals surface area contributed by atoms with Gasteiger partial charge in [-0.1, -0.05) is 13.3 Å². The van der Waals surface area contributed by atoms with Crippen LogP contribution in [-0.4, -0.2) is 37.4 Å². The molecule has 1 unspecified atom stereocenters. The van der Waals surface area contributed by atoms with Gasteiger partial charge < -0.3 is 0 Å². The molecule has 0 radical (unpaired) electrons. The minimum Gasteiger partial charge on any atom is -0.294 e. The van der Waals surface area contributed by atoms with Crippen molar-refractivity contribution in [1.82, 2.24) is 4.90 Å². The summed E-state index contributed by atoms with van der Waals surface area (Å²) in [6, 6.07) is 2.26. The summed E-state index contributed by atoms with van der Waals surface area (Å²) in [5, 5.41) is 2.07. The highest BCUT2D eigenvalue weighted by atomic mass is 79.9. The number of nitrogens with zero attached hydrogens (tertiary/aromatic N) is 1. The standard InChI is InChI=1S/C13H20BrNO2S2/c1-2-3-6-15(9-13-12(14)4-7-18-13)11-5-8-19(16,17)10-11/h4,7,11H,2-3,5-6,8-10H2,1H3. The van der Waals surface area contributed by atoms with E-state index in [1.807, 2.05) is 0 Å². The van der Waals surface area contributed by atoms with Crippen LogP contribution >= 0.6 is 27.3 Å². The molecule has 0 spiro atoms. The Morgan fingerprint density at radius 2 is 2.32 bits per heavy atom. The van der Waals surface area contributed by atoms with Crippen molar-refractivity contribution >= 4 is 37.1 Å². The molecule has 1 aliphatic heterocycles. The van der Waals surface area contributed by atoms with Gasteiger partial charge >= 0.3 is 0 Å². The summed E-state index contributed by atoms with van der Waals surface area (Å²) in [5.41, 5.74) is 0. The third kappa shape index (κ3) is 4.28. The maximum Gasteiger partial charge on any atom is 0.151 e. The number of hydrogen-bond donors (Lipinski definition) is 0. The highest BCUT2D eigenvalue weighted by molar-refractivity contribution is 9.10. The third-order valence-corrected chi connectivity index (χ3v) is 7.22. The van der Waals surface area contributed by atoms with E-state index in [0.29, 0.717) is 11.5 Å². The Kier molecular flexibility index (Phi) is 5.45. The topological polar surface area (TPSA) is 37.4 Å². The lowest BCUT2D eigenvalue weighted by molar-refractivity contribution is 0.202. The first-order chi connectivity index (χ1) is 9.02. The second-order valence-corrected chi connectivity index (χ2v) is 9.16. The number of sulfone groups is 1. The highest BCUT2D eigenvalue weighted by Gasteiger charge is 2.32. The number of halogens is 1. The van der Waals surface area contributed by atoms with E-state index in [2.05, 4.69) is 39.2 Å². The van der Waals surface area contributed by atoms with Gasteiger partial charge in [0.05, 0.1) is 11.5 Å². The Hall–Kier alpha value is 0.0900. The van der Waals surface area contributed by atoms with Gasteiger partial charge in [-0.25, -0.2) is 8.42 Å². The van der Waals surface area contributed by atoms with Gasteiger partial charge in [-0.05, 0) is 46.8 Å². The fourth-order valence-corrected chi connectivity index (χ4v) is 5.70. The van der Waals surface area contributed by atoms with Crippen molar-refractivity contribution in [2.24, 2.45) is 0 Å². The summed E-state index contributed by atoms with van der Waals surface area (Å²) < 4.78 is 24.4. The second kappa shape index (κ2) is 6.70. The quantitative estimate of drug-likeness (QED) is 0.775. The molecule has 0 aromatic carbocycles. The van der Waals surface area contributed by atoms with Crippen LogP contribution in [0.1, 0.15) is 31.1 Å². The lowest BCUT2D eigenvalue weighted by atomic mass is 10.2. The number of hydrogen-bond acceptors (Lipinski definition) is 4. The largest absolute Gasteiger partial charge is 0.294 e. The average Bonchev–Trinajstić information content (AvgIpc) is 2.91. The number of rotatable bonds is 6. The van der Waals surface area contributed by atoms with Crippen molar-refractivity contribution < 1.29 is 8.42 Å². The van der Waals surface area contributed by atoms with E-state index in [-0.39, 0.29) is 6.04 Å². The summed E-state index contributed by atoms with van der Waals surface area (Å²) in [6.07, 6.45) is 3.05. The minimum atomic E-state index is -2.80. The van der Waals surface area contributed by atoms with Crippen LogP contribution in [0.5, 0.6) is 0 Å². The third-order valence-electron chi connectivity index (χ3n) is 3.56. The first kappa shape index (κ1) is 15.5. The van der Waals surface area contributed by atoms with Crippen LogP contribution in [0.3, 0.4) is 0 Å². The molecule has 0 aliphatic carbocycles. The summed E-state index contributed by atoms with van der Waals surface area (Å²) in [7, 11) is -2.80. The fourth-order valence-electron chi connectivity index (χ4n) is 2.44. The van der Waals surface area contributed by atoms with E-state index in [1.54, 1.807) is 11.3 Å². The van der Waals surface area contributed by atoms with Crippen molar-refractivity contribution in [3.63, 3.8) is 0 Å². The zero-order valence-corrected chi connectivity index (χ0v) is 14.4. The number of thiophene rings is 1. The van der Waals surface area contributed by atoms with Gasteiger partial charge in [-0.2, -0.15) is 0 Å². The molecule has 3 nitrogen and oxygen atoms in total. The Labute approximate surface area is 128 Å². The van der Waals surface area contributed by atoms with Crippen molar-refractivity contribution in [1.29, 1.82) is 0 Å². The van der Waals surface area contributed by atoms with Crippen molar-refractivity contribution in [3.05, 3.63) is 20.8 Å². The molecule has 1 aromatic heterocycles. The van der Waals surface area contributed by atoms with Gasteiger partial charge in [-0.3, -0.25) is 4.90 Å². The van der Waals surface area contributed by atoms with E-state index in [0.717, 1.165) is 36.8 Å². The summed E-state index contributed by atoms with van der Waals surface area (Å²) in [6.45, 7) is 4.02. The molecule has 0 saturated carbocycles. The summed E-state index contributed by atoms with van der Waals surface area (Å²) in [5.74, 6) is 0.686. The van der Waals surface area contributed by atoms with E-state index in [1.165, 1.54) is 4.88 Å². The molecule has 1 aliphatic rings. The van der Waals surface area contributed by atoms with Gasteiger partial charge in [0.2, 0.25) is 0 Å². The molecule has 2 rings (SSSR count). The highest BCUT2D eigenvalue weighted by Crippen LogP contribution is 2.27. The molecule has 6 heteroatoms. The lowest BCUT2D eigenvalue weighted by Gasteiger charge is -2.27. The molecule has 1 aromatic rings. The van der Waals surface area contributed by atoms with Crippen LogP contribution in [0.2, 0.25) is 0 Å². The maximum absolute atomic E-state index is 11.7. The summed E-state index contributed by atoms with van der Waals surface area (Å²) >= 11 is 5.29. The molecule has 0 bridgehead atoms. The SMILES string of the molecule is CCCCN(Cc1sccc1Br)C1CCS(=O)(=O)C1. The molecule has 19 heavy (non-hydrogen) atoms. The van der Waals surface area contributed by atoms with Gasteiger partial charge in [-0.15, -0.1) is 11.3 Å². The first-order valence-corrected chi connectivity index (χ1v) is 10.2. The van der Waals surface area contributed by atoms with Crippen molar-refractivity contribution in [2.45, 2.75) is 38.8 Å². The van der Waals surface area contributed by atoms with Gasteiger partial charge in [0.1, 0.15) is 0 Å². The predicted molar refractivity (Wildman–Crippen MR) is 84.4 cm³/mol. The lowest BCUT2D eigenvalue weighted by Crippen LogP contribution is -2.36. The Morgan fingerprint density at radius 3 is 2.84 bits per heavy atom. The van der Waals surface area contributed by atoms with E-state index in [9.17, 15) is 8.42 Å². The molecule has 1 atom stereocenters.